The van der Waals surface area contributed by atoms with Crippen LogP contribution in [0.5, 0.6) is 5.75 Å². The lowest BCUT2D eigenvalue weighted by Gasteiger charge is -2.36. The molecule has 0 bridgehead atoms. The molecule has 1 aromatic heterocycles. The number of sulfonamides is 1. The van der Waals surface area contributed by atoms with E-state index in [4.69, 9.17) is 20.9 Å². The van der Waals surface area contributed by atoms with Crippen molar-refractivity contribution in [3.8, 4) is 5.75 Å². The van der Waals surface area contributed by atoms with Crippen LogP contribution >= 0.6 is 11.6 Å². The fourth-order valence-electron chi connectivity index (χ4n) is 3.31. The summed E-state index contributed by atoms with van der Waals surface area (Å²) in [6.45, 7) is 2.35. The van der Waals surface area contributed by atoms with Gasteiger partial charge in [-0.25, -0.2) is 8.42 Å². The van der Waals surface area contributed by atoms with Crippen LogP contribution in [0.2, 0.25) is 5.02 Å². The maximum Gasteiger partial charge on any atom is 0.243 e. The summed E-state index contributed by atoms with van der Waals surface area (Å²) in [6, 6.07) is 12.5. The molecule has 4 rings (SSSR count). The van der Waals surface area contributed by atoms with Crippen molar-refractivity contribution >= 4 is 21.6 Å². The second-order valence-corrected chi connectivity index (χ2v) is 9.31. The monoisotopic (exact) mass is 433 g/mol. The van der Waals surface area contributed by atoms with Crippen molar-refractivity contribution in [2.24, 2.45) is 0 Å². The zero-order valence-electron chi connectivity index (χ0n) is 16.0. The predicted octanol–water partition coefficient (Wildman–Crippen LogP) is 3.42. The highest BCUT2D eigenvalue weighted by molar-refractivity contribution is 7.89. The average Bonchev–Trinajstić information content (AvgIpc) is 3.10. The number of hydrogen-bond donors (Lipinski definition) is 0. The van der Waals surface area contributed by atoms with Crippen LogP contribution in [0.4, 0.5) is 0 Å². The molecule has 2 heterocycles. The zero-order chi connectivity index (χ0) is 20.6. The zero-order valence-corrected chi connectivity index (χ0v) is 17.6. The summed E-state index contributed by atoms with van der Waals surface area (Å²) < 4.78 is 37.9. The van der Waals surface area contributed by atoms with Gasteiger partial charge in [0.15, 0.2) is 5.82 Å². The number of halogens is 1. The Balaban J connectivity index is 1.45. The standard InChI is InChI=1S/C20H20ClN3O4S/c1-13-7-8-16(21)10-18(13)29(25,26)24-11-15(12-24)20-22-19(23-28-20)9-14-5-3-4-6-17(14)27-2/h3-8,10,15H,9,11-12H2,1-2H3. The Morgan fingerprint density at radius 3 is 2.76 bits per heavy atom. The van der Waals surface area contributed by atoms with Gasteiger partial charge in [-0.15, -0.1) is 0 Å². The van der Waals surface area contributed by atoms with E-state index in [1.165, 1.54) is 10.4 Å². The van der Waals surface area contributed by atoms with E-state index < -0.39 is 10.0 Å². The van der Waals surface area contributed by atoms with Crippen molar-refractivity contribution in [2.45, 2.75) is 24.2 Å². The molecular weight excluding hydrogens is 414 g/mol. The van der Waals surface area contributed by atoms with Gasteiger partial charge < -0.3 is 9.26 Å². The van der Waals surface area contributed by atoms with Crippen LogP contribution in [-0.2, 0) is 16.4 Å². The van der Waals surface area contributed by atoms with E-state index in [1.54, 1.807) is 26.2 Å². The maximum atomic E-state index is 12.9. The van der Waals surface area contributed by atoms with Gasteiger partial charge in [-0.2, -0.15) is 9.29 Å². The molecule has 1 fully saturated rings. The lowest BCUT2D eigenvalue weighted by Crippen LogP contribution is -2.48. The number of benzene rings is 2. The quantitative estimate of drug-likeness (QED) is 0.592. The van der Waals surface area contributed by atoms with E-state index in [0.717, 1.165) is 11.3 Å². The molecular formula is C20H20ClN3O4S. The third-order valence-corrected chi connectivity index (χ3v) is 7.20. The first-order chi connectivity index (χ1) is 13.9. The number of aromatic nitrogens is 2. The second-order valence-electron chi connectivity index (χ2n) is 6.97. The van der Waals surface area contributed by atoms with E-state index in [2.05, 4.69) is 10.1 Å². The minimum absolute atomic E-state index is 0.122. The van der Waals surface area contributed by atoms with Gasteiger partial charge >= 0.3 is 0 Å². The summed E-state index contributed by atoms with van der Waals surface area (Å²) >= 11 is 5.98. The Bertz CT molecular complexity index is 1140. The van der Waals surface area contributed by atoms with Crippen molar-refractivity contribution in [2.75, 3.05) is 20.2 Å². The Morgan fingerprint density at radius 2 is 2.00 bits per heavy atom. The van der Waals surface area contributed by atoms with Crippen molar-refractivity contribution in [1.29, 1.82) is 0 Å². The molecule has 1 aliphatic heterocycles. The molecule has 0 unspecified atom stereocenters. The number of para-hydroxylation sites is 1. The van der Waals surface area contributed by atoms with E-state index in [-0.39, 0.29) is 10.8 Å². The molecule has 0 spiro atoms. The summed E-state index contributed by atoms with van der Waals surface area (Å²) in [7, 11) is -1.99. The van der Waals surface area contributed by atoms with Gasteiger partial charge in [0.05, 0.1) is 17.9 Å². The van der Waals surface area contributed by atoms with Gasteiger partial charge in [0.1, 0.15) is 5.75 Å². The molecule has 0 radical (unpaired) electrons. The number of methoxy groups -OCH3 is 1. The molecule has 9 heteroatoms. The summed E-state index contributed by atoms with van der Waals surface area (Å²) in [4.78, 5) is 4.68. The molecule has 0 aliphatic carbocycles. The highest BCUT2D eigenvalue weighted by Crippen LogP contribution is 2.33. The summed E-state index contributed by atoms with van der Waals surface area (Å²) in [5.41, 5.74) is 1.62. The molecule has 1 saturated heterocycles. The third-order valence-electron chi connectivity index (χ3n) is 4.99. The first kappa shape index (κ1) is 19.9. The fraction of sp³-hybridized carbons (Fsp3) is 0.300. The second kappa shape index (κ2) is 7.78. The molecule has 0 atom stereocenters. The van der Waals surface area contributed by atoms with Crippen molar-refractivity contribution in [1.82, 2.24) is 14.4 Å². The van der Waals surface area contributed by atoms with Crippen molar-refractivity contribution in [3.63, 3.8) is 0 Å². The number of aryl methyl sites for hydroxylation is 1. The van der Waals surface area contributed by atoms with Gasteiger partial charge in [-0.05, 0) is 30.7 Å². The topological polar surface area (TPSA) is 85.5 Å². The van der Waals surface area contributed by atoms with E-state index in [9.17, 15) is 8.42 Å². The predicted molar refractivity (Wildman–Crippen MR) is 108 cm³/mol. The number of nitrogens with zero attached hydrogens (tertiary/aromatic N) is 3. The van der Waals surface area contributed by atoms with Crippen LogP contribution < -0.4 is 4.74 Å². The summed E-state index contributed by atoms with van der Waals surface area (Å²) in [5, 5.41) is 4.43. The SMILES string of the molecule is COc1ccccc1Cc1noc(C2CN(S(=O)(=O)c3cc(Cl)ccc3C)C2)n1. The van der Waals surface area contributed by atoms with Crippen LogP contribution in [0.15, 0.2) is 51.9 Å². The van der Waals surface area contributed by atoms with E-state index in [0.29, 0.717) is 41.8 Å². The minimum atomic E-state index is -3.60. The molecule has 7 nitrogen and oxygen atoms in total. The molecule has 2 aromatic carbocycles. The number of ether oxygens (including phenoxy) is 1. The van der Waals surface area contributed by atoms with Crippen LogP contribution in [0.25, 0.3) is 0 Å². The van der Waals surface area contributed by atoms with Crippen LogP contribution in [0.3, 0.4) is 0 Å². The van der Waals surface area contributed by atoms with E-state index >= 15 is 0 Å². The Labute approximate surface area is 174 Å². The molecule has 152 valence electrons. The maximum absolute atomic E-state index is 12.9. The summed E-state index contributed by atoms with van der Waals surface area (Å²) in [5.74, 6) is 1.63. The normalized spacial score (nSPS) is 15.3. The van der Waals surface area contributed by atoms with Gasteiger partial charge in [0, 0.05) is 30.1 Å². The smallest absolute Gasteiger partial charge is 0.243 e. The molecule has 0 N–H and O–H groups in total. The van der Waals surface area contributed by atoms with Gasteiger partial charge in [-0.3, -0.25) is 0 Å². The lowest BCUT2D eigenvalue weighted by atomic mass is 10.0. The fourth-order valence-corrected chi connectivity index (χ4v) is 5.32. The minimum Gasteiger partial charge on any atom is -0.496 e. The average molecular weight is 434 g/mol. The molecule has 29 heavy (non-hydrogen) atoms. The number of hydrogen-bond acceptors (Lipinski definition) is 6. The van der Waals surface area contributed by atoms with Crippen LogP contribution in [-0.4, -0.2) is 43.1 Å². The lowest BCUT2D eigenvalue weighted by molar-refractivity contribution is 0.216. The van der Waals surface area contributed by atoms with Crippen molar-refractivity contribution < 1.29 is 17.7 Å². The number of rotatable bonds is 6. The van der Waals surface area contributed by atoms with Crippen LogP contribution in [0.1, 0.15) is 28.8 Å². The highest BCUT2D eigenvalue weighted by atomic mass is 35.5. The Hall–Kier alpha value is -2.42. The molecule has 1 aliphatic rings. The third kappa shape index (κ3) is 3.88. The largest absolute Gasteiger partial charge is 0.496 e. The van der Waals surface area contributed by atoms with Crippen molar-refractivity contribution in [3.05, 3.63) is 70.3 Å². The molecule has 3 aromatic rings. The van der Waals surface area contributed by atoms with Gasteiger partial charge in [0.2, 0.25) is 15.9 Å². The first-order valence-electron chi connectivity index (χ1n) is 9.09. The summed E-state index contributed by atoms with van der Waals surface area (Å²) in [6.07, 6.45) is 0.476. The Morgan fingerprint density at radius 1 is 1.24 bits per heavy atom. The Kier molecular flexibility index (Phi) is 5.33. The van der Waals surface area contributed by atoms with Gasteiger partial charge in [0.25, 0.3) is 0 Å². The molecule has 0 amide bonds. The van der Waals surface area contributed by atoms with Gasteiger partial charge in [-0.1, -0.05) is 41.0 Å². The van der Waals surface area contributed by atoms with E-state index in [1.807, 2.05) is 24.3 Å². The van der Waals surface area contributed by atoms with Crippen LogP contribution in [0, 0.1) is 6.92 Å². The highest BCUT2D eigenvalue weighted by Gasteiger charge is 2.41. The molecule has 0 saturated carbocycles. The first-order valence-corrected chi connectivity index (χ1v) is 10.9.